The quantitative estimate of drug-likeness (QED) is 0.836. The van der Waals surface area contributed by atoms with Gasteiger partial charge in [0, 0.05) is 17.0 Å². The topological polar surface area (TPSA) is 87.1 Å². The maximum absolute atomic E-state index is 11.8. The lowest BCUT2D eigenvalue weighted by molar-refractivity contribution is -0.141. The van der Waals surface area contributed by atoms with Crippen molar-refractivity contribution in [1.82, 2.24) is 4.98 Å². The highest BCUT2D eigenvalue weighted by atomic mass is 32.2. The molecule has 0 radical (unpaired) electrons. The maximum atomic E-state index is 11.8. The Labute approximate surface area is 142 Å². The highest BCUT2D eigenvalue weighted by Crippen LogP contribution is 2.48. The molecule has 0 aliphatic carbocycles. The van der Waals surface area contributed by atoms with Crippen LogP contribution < -0.4 is 14.2 Å². The molecule has 8 heteroatoms. The summed E-state index contributed by atoms with van der Waals surface area (Å²) in [4.78, 5) is 16.4. The molecule has 2 heterocycles. The Kier molecular flexibility index (Phi) is 4.42. The SMILES string of the molecule is COC(=O)[C@H]1Sc2nc3cc(OC)c(OC)c(OC)c3cc2[C@@H]1O. The van der Waals surface area contributed by atoms with Gasteiger partial charge in [0.25, 0.3) is 0 Å². The number of aliphatic hydroxyl groups is 1. The minimum atomic E-state index is -0.993. The van der Waals surface area contributed by atoms with E-state index in [2.05, 4.69) is 4.98 Å². The van der Waals surface area contributed by atoms with Gasteiger partial charge in [0.2, 0.25) is 5.75 Å². The number of hydrogen-bond donors (Lipinski definition) is 1. The smallest absolute Gasteiger partial charge is 0.322 e. The Balaban J connectivity index is 2.21. The van der Waals surface area contributed by atoms with Crippen LogP contribution in [0.4, 0.5) is 0 Å². The molecule has 2 aromatic rings. The largest absolute Gasteiger partial charge is 0.493 e. The van der Waals surface area contributed by atoms with Gasteiger partial charge in [0.15, 0.2) is 11.5 Å². The normalized spacial score (nSPS) is 19.0. The molecule has 2 atom stereocenters. The summed E-state index contributed by atoms with van der Waals surface area (Å²) in [5, 5.41) is 11.0. The van der Waals surface area contributed by atoms with Crippen molar-refractivity contribution in [3.05, 3.63) is 17.7 Å². The Morgan fingerprint density at radius 2 is 1.83 bits per heavy atom. The van der Waals surface area contributed by atoms with Gasteiger partial charge in [-0.1, -0.05) is 11.8 Å². The average Bonchev–Trinajstić information content (AvgIpc) is 2.93. The number of thioether (sulfide) groups is 1. The first-order valence-electron chi connectivity index (χ1n) is 7.11. The van der Waals surface area contributed by atoms with Gasteiger partial charge in [-0.05, 0) is 6.07 Å². The van der Waals surface area contributed by atoms with Gasteiger partial charge in [-0.3, -0.25) is 4.79 Å². The minimum absolute atomic E-state index is 0.443. The number of rotatable bonds is 4. The number of ether oxygens (including phenoxy) is 4. The predicted molar refractivity (Wildman–Crippen MR) is 88.0 cm³/mol. The fourth-order valence-corrected chi connectivity index (χ4v) is 3.91. The van der Waals surface area contributed by atoms with Gasteiger partial charge in [-0.25, -0.2) is 4.98 Å². The van der Waals surface area contributed by atoms with Crippen molar-refractivity contribution < 1.29 is 28.8 Å². The highest BCUT2D eigenvalue weighted by molar-refractivity contribution is 8.00. The molecule has 0 amide bonds. The number of fused-ring (bicyclic) bond motifs is 2. The molecule has 3 rings (SSSR count). The second-order valence-electron chi connectivity index (χ2n) is 5.10. The number of benzene rings is 1. The zero-order valence-electron chi connectivity index (χ0n) is 13.7. The summed E-state index contributed by atoms with van der Waals surface area (Å²) in [5.74, 6) is 0.902. The standard InChI is InChI=1S/C16H17NO6S/c1-20-10-6-9-7(12(21-2)13(10)22-3)5-8-11(18)14(16(19)23-4)24-15(8)17-9/h5-6,11,14,18H,1-4H3/t11-,14-/m0/s1. The number of nitrogens with zero attached hydrogens (tertiary/aromatic N) is 1. The Morgan fingerprint density at radius 3 is 2.42 bits per heavy atom. The molecule has 1 aromatic carbocycles. The molecule has 24 heavy (non-hydrogen) atoms. The van der Waals surface area contributed by atoms with Crippen LogP contribution in [0.25, 0.3) is 10.9 Å². The molecule has 1 aliphatic rings. The van der Waals surface area contributed by atoms with Crippen LogP contribution in [-0.4, -0.2) is 49.7 Å². The molecule has 7 nitrogen and oxygen atoms in total. The fourth-order valence-electron chi connectivity index (χ4n) is 2.74. The van der Waals surface area contributed by atoms with E-state index in [9.17, 15) is 9.90 Å². The summed E-state index contributed by atoms with van der Waals surface area (Å²) < 4.78 is 20.9. The molecular weight excluding hydrogens is 334 g/mol. The van der Waals surface area contributed by atoms with Gasteiger partial charge in [-0.15, -0.1) is 0 Å². The van der Waals surface area contributed by atoms with Crippen molar-refractivity contribution in [3.63, 3.8) is 0 Å². The van der Waals surface area contributed by atoms with E-state index in [1.807, 2.05) is 0 Å². The zero-order chi connectivity index (χ0) is 17.4. The number of methoxy groups -OCH3 is 4. The van der Waals surface area contributed by atoms with E-state index < -0.39 is 17.3 Å². The summed E-state index contributed by atoms with van der Waals surface area (Å²) in [7, 11) is 5.86. The van der Waals surface area contributed by atoms with Crippen molar-refractivity contribution in [3.8, 4) is 17.2 Å². The van der Waals surface area contributed by atoms with Crippen LogP contribution in [0, 0.1) is 0 Å². The summed E-state index contributed by atoms with van der Waals surface area (Å²) in [6, 6.07) is 3.49. The first kappa shape index (κ1) is 16.7. The molecule has 0 saturated heterocycles. The van der Waals surface area contributed by atoms with E-state index in [0.717, 1.165) is 0 Å². The molecule has 1 aliphatic heterocycles. The number of aliphatic hydroxyl groups excluding tert-OH is 1. The molecule has 0 saturated carbocycles. The zero-order valence-corrected chi connectivity index (χ0v) is 14.5. The number of hydrogen-bond acceptors (Lipinski definition) is 8. The van der Waals surface area contributed by atoms with E-state index in [-0.39, 0.29) is 0 Å². The number of pyridine rings is 1. The lowest BCUT2D eigenvalue weighted by Gasteiger charge is -2.15. The highest BCUT2D eigenvalue weighted by Gasteiger charge is 2.39. The first-order valence-corrected chi connectivity index (χ1v) is 7.99. The number of carbonyl (C=O) groups excluding carboxylic acids is 1. The van der Waals surface area contributed by atoms with Crippen molar-refractivity contribution in [1.29, 1.82) is 0 Å². The number of esters is 1. The van der Waals surface area contributed by atoms with Crippen LogP contribution in [0.1, 0.15) is 11.7 Å². The fraction of sp³-hybridized carbons (Fsp3) is 0.375. The second-order valence-corrected chi connectivity index (χ2v) is 6.23. The van der Waals surface area contributed by atoms with Crippen LogP contribution in [-0.2, 0) is 9.53 Å². The molecule has 1 N–H and O–H groups in total. The van der Waals surface area contributed by atoms with E-state index >= 15 is 0 Å². The van der Waals surface area contributed by atoms with E-state index in [4.69, 9.17) is 18.9 Å². The van der Waals surface area contributed by atoms with Crippen LogP contribution >= 0.6 is 11.8 Å². The van der Waals surface area contributed by atoms with Crippen LogP contribution in [0.2, 0.25) is 0 Å². The number of carbonyl (C=O) groups is 1. The van der Waals surface area contributed by atoms with Crippen LogP contribution in [0.3, 0.4) is 0 Å². The van der Waals surface area contributed by atoms with E-state index in [1.165, 1.54) is 40.2 Å². The second kappa shape index (κ2) is 6.37. The van der Waals surface area contributed by atoms with Crippen LogP contribution in [0.5, 0.6) is 17.2 Å². The van der Waals surface area contributed by atoms with E-state index in [1.54, 1.807) is 12.1 Å². The van der Waals surface area contributed by atoms with Gasteiger partial charge in [0.05, 0.1) is 34.0 Å². The van der Waals surface area contributed by atoms with Gasteiger partial charge >= 0.3 is 5.97 Å². The molecule has 0 fully saturated rings. The van der Waals surface area contributed by atoms with E-state index in [0.29, 0.717) is 38.7 Å². The molecule has 0 spiro atoms. The summed E-state index contributed by atoms with van der Waals surface area (Å²) in [5.41, 5.74) is 1.18. The lowest BCUT2D eigenvalue weighted by Crippen LogP contribution is -2.22. The lowest BCUT2D eigenvalue weighted by atomic mass is 10.0. The van der Waals surface area contributed by atoms with Crippen molar-refractivity contribution in [2.24, 2.45) is 0 Å². The summed E-state index contributed by atoms with van der Waals surface area (Å²) in [6.07, 6.45) is -0.993. The third kappa shape index (κ3) is 2.42. The van der Waals surface area contributed by atoms with Gasteiger partial charge in [0.1, 0.15) is 16.4 Å². The molecule has 128 valence electrons. The summed E-state index contributed by atoms with van der Waals surface area (Å²) in [6.45, 7) is 0. The Morgan fingerprint density at radius 1 is 1.12 bits per heavy atom. The maximum Gasteiger partial charge on any atom is 0.322 e. The molecule has 0 unspecified atom stereocenters. The molecular formula is C16H17NO6S. The Hall–Kier alpha value is -2.19. The van der Waals surface area contributed by atoms with Crippen molar-refractivity contribution in [2.75, 3.05) is 28.4 Å². The van der Waals surface area contributed by atoms with Crippen molar-refractivity contribution >= 4 is 28.6 Å². The summed E-state index contributed by atoms with van der Waals surface area (Å²) >= 11 is 1.18. The van der Waals surface area contributed by atoms with Crippen molar-refractivity contribution in [2.45, 2.75) is 16.4 Å². The van der Waals surface area contributed by atoms with Gasteiger partial charge in [-0.2, -0.15) is 0 Å². The predicted octanol–water partition coefficient (Wildman–Crippen LogP) is 1.94. The first-order chi connectivity index (χ1) is 11.5. The third-order valence-electron chi connectivity index (χ3n) is 3.89. The van der Waals surface area contributed by atoms with Crippen LogP contribution in [0.15, 0.2) is 17.2 Å². The molecule has 0 bridgehead atoms. The molecule has 1 aromatic heterocycles. The third-order valence-corrected chi connectivity index (χ3v) is 5.15. The minimum Gasteiger partial charge on any atom is -0.493 e. The number of aromatic nitrogens is 1. The monoisotopic (exact) mass is 351 g/mol. The Bertz CT molecular complexity index is 809. The van der Waals surface area contributed by atoms with Gasteiger partial charge < -0.3 is 24.1 Å². The average molecular weight is 351 g/mol.